The van der Waals surface area contributed by atoms with Crippen molar-refractivity contribution in [2.75, 3.05) is 0 Å². The average molecular weight is 284 g/mol. The predicted molar refractivity (Wildman–Crippen MR) is 69.1 cm³/mol. The first-order chi connectivity index (χ1) is 9.47. The van der Waals surface area contributed by atoms with E-state index >= 15 is 0 Å². The lowest BCUT2D eigenvalue weighted by molar-refractivity contribution is -0.143. The number of hydrogen-bond acceptors (Lipinski definition) is 4. The van der Waals surface area contributed by atoms with Gasteiger partial charge in [-0.2, -0.15) is 0 Å². The van der Waals surface area contributed by atoms with Crippen molar-refractivity contribution < 1.29 is 24.6 Å². The van der Waals surface area contributed by atoms with E-state index in [1.165, 1.54) is 0 Å². The van der Waals surface area contributed by atoms with Crippen molar-refractivity contribution >= 4 is 17.8 Å². The first-order valence-electron chi connectivity index (χ1n) is 6.98. The third kappa shape index (κ3) is 3.47. The van der Waals surface area contributed by atoms with Crippen LogP contribution in [0.1, 0.15) is 38.5 Å². The van der Waals surface area contributed by atoms with Gasteiger partial charge in [-0.25, -0.2) is 4.79 Å². The summed E-state index contributed by atoms with van der Waals surface area (Å²) in [7, 11) is 0. The molecule has 1 amide bonds. The zero-order valence-corrected chi connectivity index (χ0v) is 11.2. The molecule has 2 fully saturated rings. The van der Waals surface area contributed by atoms with Gasteiger partial charge in [-0.3, -0.25) is 9.59 Å². The molecule has 7 heteroatoms. The van der Waals surface area contributed by atoms with Gasteiger partial charge in [0.25, 0.3) is 0 Å². The Morgan fingerprint density at radius 2 is 2.00 bits per heavy atom. The Labute approximate surface area is 116 Å². The third-order valence-electron chi connectivity index (χ3n) is 4.13. The summed E-state index contributed by atoms with van der Waals surface area (Å²) < 4.78 is 0. The van der Waals surface area contributed by atoms with E-state index in [1.54, 1.807) is 0 Å². The van der Waals surface area contributed by atoms with Gasteiger partial charge in [-0.1, -0.05) is 0 Å². The quantitative estimate of drug-likeness (QED) is 0.521. The zero-order chi connectivity index (χ0) is 14.7. The minimum absolute atomic E-state index is 0.0880. The van der Waals surface area contributed by atoms with Crippen LogP contribution in [0.3, 0.4) is 0 Å². The lowest BCUT2D eigenvalue weighted by atomic mass is 9.88. The maximum absolute atomic E-state index is 12.1. The van der Waals surface area contributed by atoms with Gasteiger partial charge >= 0.3 is 11.9 Å². The molecule has 2 saturated heterocycles. The van der Waals surface area contributed by atoms with E-state index in [9.17, 15) is 14.4 Å². The van der Waals surface area contributed by atoms with E-state index < -0.39 is 18.0 Å². The van der Waals surface area contributed by atoms with E-state index in [0.29, 0.717) is 6.04 Å². The van der Waals surface area contributed by atoms with Crippen molar-refractivity contribution in [2.45, 2.75) is 56.7 Å². The Bertz CT molecular complexity index is 412. The molecule has 2 rings (SSSR count). The largest absolute Gasteiger partial charge is 0.481 e. The van der Waals surface area contributed by atoms with E-state index in [4.69, 9.17) is 10.2 Å². The topological polar surface area (TPSA) is 116 Å². The van der Waals surface area contributed by atoms with E-state index in [0.717, 1.165) is 19.3 Å². The lowest BCUT2D eigenvalue weighted by Crippen LogP contribution is -2.46. The molecule has 0 aromatic heterocycles. The van der Waals surface area contributed by atoms with Crippen molar-refractivity contribution in [1.82, 2.24) is 10.6 Å². The van der Waals surface area contributed by atoms with Crippen molar-refractivity contribution in [3.8, 4) is 0 Å². The van der Waals surface area contributed by atoms with E-state index in [-0.39, 0.29) is 37.1 Å². The maximum Gasteiger partial charge on any atom is 0.326 e. The molecule has 2 bridgehead atoms. The van der Waals surface area contributed by atoms with Crippen LogP contribution in [0.25, 0.3) is 0 Å². The van der Waals surface area contributed by atoms with Gasteiger partial charge in [-0.05, 0) is 32.1 Å². The second-order valence-electron chi connectivity index (χ2n) is 5.58. The fraction of sp³-hybridized carbons (Fsp3) is 0.769. The van der Waals surface area contributed by atoms with Crippen LogP contribution < -0.4 is 10.6 Å². The number of nitrogens with one attached hydrogen (secondary N) is 2. The molecule has 4 N–H and O–H groups in total. The summed E-state index contributed by atoms with van der Waals surface area (Å²) in [6, 6.07) is -0.458. The second-order valence-corrected chi connectivity index (χ2v) is 5.58. The SMILES string of the molecule is O=C(O)CCC[C@@H](NC(=O)C1CC2CCC1N2)C(=O)O. The predicted octanol–water partition coefficient (Wildman–Crippen LogP) is -0.0488. The van der Waals surface area contributed by atoms with Crippen LogP contribution in [0.2, 0.25) is 0 Å². The summed E-state index contributed by atoms with van der Waals surface area (Å²) in [5.41, 5.74) is 0. The van der Waals surface area contributed by atoms with Crippen LogP contribution in [-0.4, -0.2) is 46.2 Å². The van der Waals surface area contributed by atoms with Crippen molar-refractivity contribution in [3.05, 3.63) is 0 Å². The van der Waals surface area contributed by atoms with Gasteiger partial charge in [-0.15, -0.1) is 0 Å². The minimum atomic E-state index is -1.11. The van der Waals surface area contributed by atoms with Gasteiger partial charge in [0.2, 0.25) is 5.91 Å². The van der Waals surface area contributed by atoms with Crippen LogP contribution in [0, 0.1) is 5.92 Å². The Balaban J connectivity index is 1.83. The molecule has 112 valence electrons. The summed E-state index contributed by atoms with van der Waals surface area (Å²) in [5.74, 6) is -2.46. The Kier molecular flexibility index (Phi) is 4.59. The summed E-state index contributed by atoms with van der Waals surface area (Å²) in [6.45, 7) is 0. The van der Waals surface area contributed by atoms with Crippen LogP contribution in [0.4, 0.5) is 0 Å². The van der Waals surface area contributed by atoms with Crippen LogP contribution in [0.15, 0.2) is 0 Å². The van der Waals surface area contributed by atoms with Crippen molar-refractivity contribution in [2.24, 2.45) is 5.92 Å². The number of amides is 1. The molecule has 0 aromatic carbocycles. The molecule has 7 nitrogen and oxygen atoms in total. The van der Waals surface area contributed by atoms with Crippen molar-refractivity contribution in [3.63, 3.8) is 0 Å². The highest BCUT2D eigenvalue weighted by Gasteiger charge is 2.43. The molecule has 2 aliphatic rings. The molecule has 0 saturated carbocycles. The fourth-order valence-corrected chi connectivity index (χ4v) is 3.11. The number of rotatable bonds is 7. The number of carbonyl (C=O) groups is 3. The number of aliphatic carboxylic acids is 2. The summed E-state index contributed by atoms with van der Waals surface area (Å²) in [6.07, 6.45) is 3.09. The maximum atomic E-state index is 12.1. The number of hydrogen-bond donors (Lipinski definition) is 4. The number of carboxylic acid groups (broad SMARTS) is 2. The number of carboxylic acids is 2. The van der Waals surface area contributed by atoms with Gasteiger partial charge < -0.3 is 20.8 Å². The van der Waals surface area contributed by atoms with Crippen LogP contribution in [-0.2, 0) is 14.4 Å². The highest BCUT2D eigenvalue weighted by molar-refractivity contribution is 5.85. The van der Waals surface area contributed by atoms with E-state index in [1.807, 2.05) is 0 Å². The zero-order valence-electron chi connectivity index (χ0n) is 11.2. The number of fused-ring (bicyclic) bond motifs is 2. The molecule has 0 spiro atoms. The molecule has 3 unspecified atom stereocenters. The molecule has 20 heavy (non-hydrogen) atoms. The van der Waals surface area contributed by atoms with Crippen LogP contribution in [0.5, 0.6) is 0 Å². The first kappa shape index (κ1) is 14.8. The average Bonchev–Trinajstić information content (AvgIpc) is 2.98. The molecule has 4 atom stereocenters. The third-order valence-corrected chi connectivity index (χ3v) is 4.13. The smallest absolute Gasteiger partial charge is 0.326 e. The van der Waals surface area contributed by atoms with Gasteiger partial charge in [0, 0.05) is 18.5 Å². The van der Waals surface area contributed by atoms with Crippen molar-refractivity contribution in [1.29, 1.82) is 0 Å². The van der Waals surface area contributed by atoms with Gasteiger partial charge in [0.1, 0.15) is 6.04 Å². The monoisotopic (exact) mass is 284 g/mol. The molecule has 0 aromatic rings. The van der Waals surface area contributed by atoms with Gasteiger partial charge in [0.05, 0.1) is 5.92 Å². The normalized spacial score (nSPS) is 29.1. The summed E-state index contributed by atoms with van der Waals surface area (Å²) >= 11 is 0. The molecular weight excluding hydrogens is 264 g/mol. The second kappa shape index (κ2) is 6.21. The summed E-state index contributed by atoms with van der Waals surface area (Å²) in [5, 5.41) is 23.5. The highest BCUT2D eigenvalue weighted by atomic mass is 16.4. The van der Waals surface area contributed by atoms with Gasteiger partial charge in [0.15, 0.2) is 0 Å². The lowest BCUT2D eigenvalue weighted by Gasteiger charge is -2.22. The standard InChI is InChI=1S/C13H20N2O5/c16-11(17)3-1-2-10(13(19)20)15-12(18)8-6-7-4-5-9(8)14-7/h7-10,14H,1-6H2,(H,15,18)(H,16,17)(H,19,20)/t7?,8?,9?,10-/m1/s1. The molecule has 0 aliphatic carbocycles. The number of carbonyl (C=O) groups excluding carboxylic acids is 1. The Morgan fingerprint density at radius 1 is 1.25 bits per heavy atom. The minimum Gasteiger partial charge on any atom is -0.481 e. The summed E-state index contributed by atoms with van der Waals surface area (Å²) in [4.78, 5) is 33.6. The molecular formula is C13H20N2O5. The molecule has 2 aliphatic heterocycles. The molecule has 0 radical (unpaired) electrons. The van der Waals surface area contributed by atoms with E-state index in [2.05, 4.69) is 10.6 Å². The van der Waals surface area contributed by atoms with Crippen LogP contribution >= 0.6 is 0 Å². The Hall–Kier alpha value is -1.63. The highest BCUT2D eigenvalue weighted by Crippen LogP contribution is 2.33. The fourth-order valence-electron chi connectivity index (χ4n) is 3.11. The molecule has 2 heterocycles. The first-order valence-corrected chi connectivity index (χ1v) is 6.98. The Morgan fingerprint density at radius 3 is 2.50 bits per heavy atom.